The predicted molar refractivity (Wildman–Crippen MR) is 47.8 cm³/mol. The molecule has 0 amide bonds. The molecule has 0 aliphatic carbocycles. The zero-order valence-electron chi connectivity index (χ0n) is 7.94. The van der Waals surface area contributed by atoms with Crippen LogP contribution in [0.4, 0.5) is 0 Å². The van der Waals surface area contributed by atoms with E-state index in [4.69, 9.17) is 8.85 Å². The maximum absolute atomic E-state index is 5.93. The molecule has 0 saturated carbocycles. The van der Waals surface area contributed by atoms with Crippen molar-refractivity contribution < 1.29 is 8.85 Å². The van der Waals surface area contributed by atoms with Gasteiger partial charge in [0.1, 0.15) is 0 Å². The molecule has 1 aliphatic rings. The first-order chi connectivity index (χ1) is 4.97. The zero-order chi connectivity index (χ0) is 8.54. The Morgan fingerprint density at radius 2 is 2.09 bits per heavy atom. The van der Waals surface area contributed by atoms with Crippen LogP contribution in [0.3, 0.4) is 0 Å². The topological polar surface area (TPSA) is 18.5 Å². The molecule has 2 nitrogen and oxygen atoms in total. The fraction of sp³-hybridized carbons (Fsp3) is 1.00. The second kappa shape index (κ2) is 2.88. The maximum Gasteiger partial charge on any atom is 0.335 e. The molecular weight excluding hydrogens is 156 g/mol. The van der Waals surface area contributed by atoms with Crippen LogP contribution in [0.5, 0.6) is 0 Å². The molecule has 0 spiro atoms. The molecule has 1 heterocycles. The first-order valence-electron chi connectivity index (χ1n) is 4.23. The van der Waals surface area contributed by atoms with Crippen molar-refractivity contribution in [3.05, 3.63) is 0 Å². The van der Waals surface area contributed by atoms with Crippen molar-refractivity contribution in [2.24, 2.45) is 0 Å². The van der Waals surface area contributed by atoms with Crippen molar-refractivity contribution in [3.8, 4) is 0 Å². The maximum atomic E-state index is 5.93. The molecule has 1 unspecified atom stereocenters. The van der Waals surface area contributed by atoms with E-state index in [9.17, 15) is 0 Å². The van der Waals surface area contributed by atoms with Crippen LogP contribution >= 0.6 is 0 Å². The van der Waals surface area contributed by atoms with Crippen LogP contribution in [-0.2, 0) is 8.85 Å². The summed E-state index contributed by atoms with van der Waals surface area (Å²) in [4.78, 5) is 0. The fourth-order valence-corrected chi connectivity index (χ4v) is 4.14. The van der Waals surface area contributed by atoms with E-state index < -0.39 is 8.56 Å². The van der Waals surface area contributed by atoms with E-state index in [1.54, 1.807) is 7.11 Å². The van der Waals surface area contributed by atoms with Gasteiger partial charge in [-0.1, -0.05) is 0 Å². The van der Waals surface area contributed by atoms with E-state index in [1.165, 1.54) is 12.8 Å². The summed E-state index contributed by atoms with van der Waals surface area (Å²) < 4.78 is 11.4. The molecule has 0 radical (unpaired) electrons. The second-order valence-corrected chi connectivity index (χ2v) is 7.43. The minimum Gasteiger partial charge on any atom is -0.398 e. The zero-order valence-corrected chi connectivity index (χ0v) is 8.94. The largest absolute Gasteiger partial charge is 0.398 e. The average molecular weight is 174 g/mol. The summed E-state index contributed by atoms with van der Waals surface area (Å²) in [6, 6.07) is 1.15. The molecule has 0 aromatic heterocycles. The summed E-state index contributed by atoms with van der Waals surface area (Å²) in [5.74, 6) is 0. The van der Waals surface area contributed by atoms with E-state index in [-0.39, 0.29) is 5.60 Å². The van der Waals surface area contributed by atoms with Crippen LogP contribution in [0.25, 0.3) is 0 Å². The highest BCUT2D eigenvalue weighted by molar-refractivity contribution is 6.66. The Morgan fingerprint density at radius 3 is 2.45 bits per heavy atom. The van der Waals surface area contributed by atoms with Crippen molar-refractivity contribution in [2.45, 2.75) is 44.9 Å². The molecule has 0 N–H and O–H groups in total. The molecule has 11 heavy (non-hydrogen) atoms. The lowest BCUT2D eigenvalue weighted by atomic mass is 10.0. The molecule has 3 heteroatoms. The van der Waals surface area contributed by atoms with Gasteiger partial charge in [-0.05, 0) is 39.3 Å². The number of rotatable bonds is 1. The highest BCUT2D eigenvalue weighted by Gasteiger charge is 2.40. The van der Waals surface area contributed by atoms with Gasteiger partial charge >= 0.3 is 8.56 Å². The van der Waals surface area contributed by atoms with Gasteiger partial charge in [-0.3, -0.25) is 0 Å². The molecule has 1 atom stereocenters. The molecule has 0 aromatic carbocycles. The van der Waals surface area contributed by atoms with Crippen LogP contribution in [0.1, 0.15) is 26.7 Å². The Balaban J connectivity index is 2.59. The third kappa shape index (κ3) is 2.29. The van der Waals surface area contributed by atoms with E-state index >= 15 is 0 Å². The SMILES string of the molecule is CO[Si]1(C)CCCC(C)(C)O1. The quantitative estimate of drug-likeness (QED) is 0.568. The number of hydrogen-bond acceptors (Lipinski definition) is 2. The van der Waals surface area contributed by atoms with Crippen molar-refractivity contribution in [1.29, 1.82) is 0 Å². The first kappa shape index (κ1) is 9.23. The summed E-state index contributed by atoms with van der Waals surface area (Å²) in [7, 11) is 0.0255. The van der Waals surface area contributed by atoms with Crippen LogP contribution < -0.4 is 0 Å². The Hall–Kier alpha value is 0.137. The molecule has 0 bridgehead atoms. The van der Waals surface area contributed by atoms with Crippen LogP contribution in [0.15, 0.2) is 0 Å². The third-order valence-corrected chi connectivity index (χ3v) is 5.44. The van der Waals surface area contributed by atoms with Gasteiger partial charge in [-0.25, -0.2) is 0 Å². The molecule has 0 aromatic rings. The molecular formula is C8H18O2Si. The van der Waals surface area contributed by atoms with Crippen LogP contribution in [0.2, 0.25) is 12.6 Å². The number of hydrogen-bond donors (Lipinski definition) is 0. The monoisotopic (exact) mass is 174 g/mol. The van der Waals surface area contributed by atoms with Gasteiger partial charge in [0.2, 0.25) is 0 Å². The molecule has 1 rings (SSSR count). The highest BCUT2D eigenvalue weighted by atomic mass is 28.4. The summed E-state index contributed by atoms with van der Waals surface area (Å²) >= 11 is 0. The van der Waals surface area contributed by atoms with E-state index in [2.05, 4.69) is 20.4 Å². The normalized spacial score (nSPS) is 37.1. The van der Waals surface area contributed by atoms with Crippen molar-refractivity contribution >= 4 is 8.56 Å². The van der Waals surface area contributed by atoms with Crippen molar-refractivity contribution in [2.75, 3.05) is 7.11 Å². The van der Waals surface area contributed by atoms with E-state index in [0.717, 1.165) is 6.04 Å². The summed E-state index contributed by atoms with van der Waals surface area (Å²) in [5, 5.41) is 0. The standard InChI is InChI=1S/C8H18O2Si/c1-8(2)6-5-7-11(4,9-3)10-8/h5-7H2,1-4H3. The summed E-state index contributed by atoms with van der Waals surface area (Å²) in [6.45, 7) is 6.45. The van der Waals surface area contributed by atoms with Crippen LogP contribution in [-0.4, -0.2) is 21.3 Å². The minimum absolute atomic E-state index is 0.0508. The average Bonchev–Trinajstić information content (AvgIpc) is 1.85. The summed E-state index contributed by atoms with van der Waals surface area (Å²) in [6.07, 6.45) is 2.42. The third-order valence-electron chi connectivity index (χ3n) is 2.33. The highest BCUT2D eigenvalue weighted by Crippen LogP contribution is 2.32. The van der Waals surface area contributed by atoms with Gasteiger partial charge in [-0.15, -0.1) is 0 Å². The van der Waals surface area contributed by atoms with E-state index in [0.29, 0.717) is 0 Å². The Kier molecular flexibility index (Phi) is 2.42. The first-order valence-corrected chi connectivity index (χ1v) is 6.75. The van der Waals surface area contributed by atoms with Crippen molar-refractivity contribution in [1.82, 2.24) is 0 Å². The molecule has 1 saturated heterocycles. The molecule has 66 valence electrons. The van der Waals surface area contributed by atoms with Crippen LogP contribution in [0, 0.1) is 0 Å². The lowest BCUT2D eigenvalue weighted by Gasteiger charge is -2.40. The van der Waals surface area contributed by atoms with Gasteiger partial charge < -0.3 is 8.85 Å². The fourth-order valence-electron chi connectivity index (χ4n) is 1.67. The molecule has 1 fully saturated rings. The van der Waals surface area contributed by atoms with Gasteiger partial charge in [0.25, 0.3) is 0 Å². The van der Waals surface area contributed by atoms with Crippen molar-refractivity contribution in [3.63, 3.8) is 0 Å². The van der Waals surface area contributed by atoms with Gasteiger partial charge in [0, 0.05) is 7.11 Å². The lowest BCUT2D eigenvalue weighted by Crippen LogP contribution is -2.48. The van der Waals surface area contributed by atoms with Gasteiger partial charge in [-0.2, -0.15) is 0 Å². The Bertz CT molecular complexity index is 147. The Labute approximate surface area is 70.1 Å². The van der Waals surface area contributed by atoms with Gasteiger partial charge in [0.05, 0.1) is 5.60 Å². The second-order valence-electron chi connectivity index (χ2n) is 4.05. The van der Waals surface area contributed by atoms with E-state index in [1.807, 2.05) is 0 Å². The predicted octanol–water partition coefficient (Wildman–Crippen LogP) is 2.29. The summed E-state index contributed by atoms with van der Waals surface area (Å²) in [5.41, 5.74) is 0.0508. The molecule has 1 aliphatic heterocycles. The minimum atomic E-state index is -1.75. The van der Waals surface area contributed by atoms with Gasteiger partial charge in [0.15, 0.2) is 0 Å². The Morgan fingerprint density at radius 1 is 1.45 bits per heavy atom. The smallest absolute Gasteiger partial charge is 0.335 e. The lowest BCUT2D eigenvalue weighted by molar-refractivity contribution is 0.0342.